The van der Waals surface area contributed by atoms with Crippen molar-refractivity contribution in [3.05, 3.63) is 0 Å². The number of hydrogen-bond donors (Lipinski definition) is 0. The van der Waals surface area contributed by atoms with Crippen LogP contribution in [0.15, 0.2) is 0 Å². The van der Waals surface area contributed by atoms with Gasteiger partial charge in [0, 0.05) is 0 Å². The van der Waals surface area contributed by atoms with Crippen LogP contribution in [0.1, 0.15) is 65.2 Å². The molecule has 1 nitrogen and oxygen atoms in total. The van der Waals surface area contributed by atoms with E-state index in [1.54, 1.807) is 0 Å². The zero-order chi connectivity index (χ0) is 11.6. The molecule has 2 aliphatic rings. The highest BCUT2D eigenvalue weighted by molar-refractivity contribution is 5.85. The third kappa shape index (κ3) is 3.38. The zero-order valence-electron chi connectivity index (χ0n) is 11.2. The molecular formula is C15H26ClN. The molecule has 0 N–H and O–H groups in total. The molecule has 0 bridgehead atoms. The van der Waals surface area contributed by atoms with Gasteiger partial charge < -0.3 is 0 Å². The van der Waals surface area contributed by atoms with Gasteiger partial charge in [0.15, 0.2) is 0 Å². The van der Waals surface area contributed by atoms with E-state index in [0.717, 1.165) is 11.8 Å². The fraction of sp³-hybridized carbons (Fsp3) is 0.933. The lowest BCUT2D eigenvalue weighted by atomic mass is 9.75. The van der Waals surface area contributed by atoms with Crippen LogP contribution in [-0.4, -0.2) is 0 Å². The lowest BCUT2D eigenvalue weighted by Gasteiger charge is -2.29. The van der Waals surface area contributed by atoms with Crippen LogP contribution in [0.25, 0.3) is 0 Å². The Morgan fingerprint density at radius 2 is 1.59 bits per heavy atom. The molecule has 0 aromatic rings. The van der Waals surface area contributed by atoms with Crippen molar-refractivity contribution in [3.63, 3.8) is 0 Å². The van der Waals surface area contributed by atoms with Gasteiger partial charge in [0.25, 0.3) is 0 Å². The summed E-state index contributed by atoms with van der Waals surface area (Å²) in [5.41, 5.74) is -0.0938. The fourth-order valence-corrected chi connectivity index (χ4v) is 3.80. The van der Waals surface area contributed by atoms with Gasteiger partial charge in [0.2, 0.25) is 0 Å². The Labute approximate surface area is 112 Å². The van der Waals surface area contributed by atoms with Crippen LogP contribution in [0.5, 0.6) is 0 Å². The first-order valence-corrected chi connectivity index (χ1v) is 7.05. The number of nitrogens with zero attached hydrogens (tertiary/aromatic N) is 1. The second-order valence-corrected chi connectivity index (χ2v) is 6.50. The lowest BCUT2D eigenvalue weighted by Crippen LogP contribution is -2.21. The summed E-state index contributed by atoms with van der Waals surface area (Å²) < 4.78 is 0. The minimum absolute atomic E-state index is 0. The summed E-state index contributed by atoms with van der Waals surface area (Å²) in [4.78, 5) is 0. The molecule has 17 heavy (non-hydrogen) atoms. The highest BCUT2D eigenvalue weighted by atomic mass is 35.5. The molecule has 0 heterocycles. The number of hydrogen-bond acceptors (Lipinski definition) is 1. The van der Waals surface area contributed by atoms with Crippen molar-refractivity contribution in [2.75, 3.05) is 0 Å². The van der Waals surface area contributed by atoms with Gasteiger partial charge in [-0.3, -0.25) is 0 Å². The van der Waals surface area contributed by atoms with Crippen molar-refractivity contribution in [2.24, 2.45) is 23.2 Å². The van der Waals surface area contributed by atoms with E-state index >= 15 is 0 Å². The van der Waals surface area contributed by atoms with Gasteiger partial charge >= 0.3 is 0 Å². The molecule has 0 aliphatic heterocycles. The van der Waals surface area contributed by atoms with Gasteiger partial charge in [-0.15, -0.1) is 12.4 Å². The third-order valence-corrected chi connectivity index (χ3v) is 5.10. The highest BCUT2D eigenvalue weighted by Gasteiger charge is 2.38. The van der Waals surface area contributed by atoms with E-state index in [4.69, 9.17) is 0 Å². The monoisotopic (exact) mass is 255 g/mol. The van der Waals surface area contributed by atoms with Crippen LogP contribution in [-0.2, 0) is 0 Å². The molecule has 0 radical (unpaired) electrons. The SMILES string of the molecule is CC(C)(C#N)[C@H]1CC[C@@H](C2CCCCC2)C1.Cl. The van der Waals surface area contributed by atoms with Crippen LogP contribution >= 0.6 is 12.4 Å². The number of halogens is 1. The summed E-state index contributed by atoms with van der Waals surface area (Å²) in [7, 11) is 0. The molecule has 2 aliphatic carbocycles. The van der Waals surface area contributed by atoms with Crippen molar-refractivity contribution in [2.45, 2.75) is 65.2 Å². The molecule has 0 amide bonds. The number of nitriles is 1. The Morgan fingerprint density at radius 3 is 2.18 bits per heavy atom. The van der Waals surface area contributed by atoms with Crippen LogP contribution in [0, 0.1) is 34.5 Å². The molecule has 0 aromatic heterocycles. The Hall–Kier alpha value is -0.220. The van der Waals surface area contributed by atoms with Crippen LogP contribution in [0.3, 0.4) is 0 Å². The first-order valence-electron chi connectivity index (χ1n) is 7.05. The zero-order valence-corrected chi connectivity index (χ0v) is 12.1. The Kier molecular flexibility index (Phi) is 5.32. The van der Waals surface area contributed by atoms with Crippen molar-refractivity contribution < 1.29 is 0 Å². The molecule has 2 saturated carbocycles. The van der Waals surface area contributed by atoms with Crippen molar-refractivity contribution in [3.8, 4) is 6.07 Å². The van der Waals surface area contributed by atoms with Crippen molar-refractivity contribution >= 4 is 12.4 Å². The van der Waals surface area contributed by atoms with E-state index in [9.17, 15) is 5.26 Å². The minimum Gasteiger partial charge on any atom is -0.198 e. The van der Waals surface area contributed by atoms with E-state index in [-0.39, 0.29) is 17.8 Å². The molecule has 0 spiro atoms. The maximum Gasteiger partial charge on any atom is 0.0686 e. The maximum absolute atomic E-state index is 9.20. The summed E-state index contributed by atoms with van der Waals surface area (Å²) in [6.07, 6.45) is 11.3. The fourth-order valence-electron chi connectivity index (χ4n) is 3.80. The smallest absolute Gasteiger partial charge is 0.0686 e. The molecule has 2 atom stereocenters. The van der Waals surface area contributed by atoms with Crippen molar-refractivity contribution in [1.82, 2.24) is 0 Å². The van der Waals surface area contributed by atoms with Gasteiger partial charge in [-0.05, 0) is 50.9 Å². The van der Waals surface area contributed by atoms with Gasteiger partial charge in [-0.25, -0.2) is 0 Å². The van der Waals surface area contributed by atoms with E-state index in [2.05, 4.69) is 19.9 Å². The van der Waals surface area contributed by atoms with Crippen molar-refractivity contribution in [1.29, 1.82) is 5.26 Å². The van der Waals surface area contributed by atoms with Gasteiger partial charge in [0.05, 0.1) is 11.5 Å². The second kappa shape index (κ2) is 6.10. The summed E-state index contributed by atoms with van der Waals surface area (Å²) in [5.74, 6) is 2.59. The van der Waals surface area contributed by atoms with E-state index in [0.29, 0.717) is 5.92 Å². The predicted octanol–water partition coefficient (Wildman–Crippen LogP) is 4.95. The van der Waals surface area contributed by atoms with Crippen LogP contribution < -0.4 is 0 Å². The first kappa shape index (κ1) is 14.8. The third-order valence-electron chi connectivity index (χ3n) is 5.10. The lowest BCUT2D eigenvalue weighted by molar-refractivity contribution is 0.226. The molecule has 98 valence electrons. The molecular weight excluding hydrogens is 230 g/mol. The average Bonchev–Trinajstić information content (AvgIpc) is 2.80. The van der Waals surface area contributed by atoms with Crippen LogP contribution in [0.4, 0.5) is 0 Å². The van der Waals surface area contributed by atoms with Gasteiger partial charge in [-0.2, -0.15) is 5.26 Å². The second-order valence-electron chi connectivity index (χ2n) is 6.50. The summed E-state index contributed by atoms with van der Waals surface area (Å²) in [5, 5.41) is 9.20. The Bertz CT molecular complexity index is 273. The van der Waals surface area contributed by atoms with E-state index < -0.39 is 0 Å². The Balaban J connectivity index is 0.00000144. The Morgan fingerprint density at radius 1 is 0.941 bits per heavy atom. The molecule has 2 rings (SSSR count). The molecule has 2 fully saturated rings. The number of rotatable bonds is 2. The topological polar surface area (TPSA) is 23.8 Å². The molecule has 0 saturated heterocycles. The molecule has 0 aromatic carbocycles. The quantitative estimate of drug-likeness (QED) is 0.685. The standard InChI is InChI=1S/C15H25N.ClH/c1-15(2,11-16)14-9-8-13(10-14)12-6-4-3-5-7-12;/h12-14H,3-10H2,1-2H3;1H/t13-,14+;/m1./s1. The minimum atomic E-state index is -0.0938. The largest absolute Gasteiger partial charge is 0.198 e. The summed E-state index contributed by atoms with van der Waals surface area (Å²) >= 11 is 0. The average molecular weight is 256 g/mol. The first-order chi connectivity index (χ1) is 7.63. The normalized spacial score (nSPS) is 30.6. The predicted molar refractivity (Wildman–Crippen MR) is 74.0 cm³/mol. The van der Waals surface area contributed by atoms with Gasteiger partial charge in [0.1, 0.15) is 0 Å². The van der Waals surface area contributed by atoms with E-state index in [1.165, 1.54) is 51.4 Å². The van der Waals surface area contributed by atoms with E-state index in [1.807, 2.05) is 0 Å². The molecule has 0 unspecified atom stereocenters. The maximum atomic E-state index is 9.20. The van der Waals surface area contributed by atoms with Gasteiger partial charge in [-0.1, -0.05) is 32.1 Å². The highest BCUT2D eigenvalue weighted by Crippen LogP contribution is 2.47. The van der Waals surface area contributed by atoms with Crippen LogP contribution in [0.2, 0.25) is 0 Å². The summed E-state index contributed by atoms with van der Waals surface area (Å²) in [6.45, 7) is 4.25. The summed E-state index contributed by atoms with van der Waals surface area (Å²) in [6, 6.07) is 2.51. The molecule has 2 heteroatoms.